The molecule has 1 atom stereocenters. The molecule has 12 heavy (non-hydrogen) atoms. The maximum absolute atomic E-state index is 9.56. The highest BCUT2D eigenvalue weighted by atomic mass is 79.9. The van der Waals surface area contributed by atoms with Crippen molar-refractivity contribution in [2.24, 2.45) is 0 Å². The zero-order valence-electron chi connectivity index (χ0n) is 6.71. The Morgan fingerprint density at radius 3 is 2.83 bits per heavy atom. The molecule has 0 heterocycles. The van der Waals surface area contributed by atoms with Gasteiger partial charge in [-0.1, -0.05) is 18.1 Å². The summed E-state index contributed by atoms with van der Waals surface area (Å²) in [6.45, 7) is 1.88. The van der Waals surface area contributed by atoms with E-state index in [1.807, 2.05) is 19.1 Å². The Hall–Kier alpha value is -0.940. The van der Waals surface area contributed by atoms with Gasteiger partial charge in [0.2, 0.25) is 0 Å². The van der Waals surface area contributed by atoms with E-state index in [2.05, 4.69) is 21.9 Å². The van der Waals surface area contributed by atoms with Gasteiger partial charge in [-0.15, -0.1) is 6.42 Å². The first-order valence-electron chi connectivity index (χ1n) is 3.60. The molecule has 0 aliphatic carbocycles. The van der Waals surface area contributed by atoms with E-state index >= 15 is 0 Å². The van der Waals surface area contributed by atoms with Crippen LogP contribution in [0.1, 0.15) is 18.4 Å². The van der Waals surface area contributed by atoms with Gasteiger partial charge in [0.05, 0.1) is 4.47 Å². The molecule has 0 saturated heterocycles. The third kappa shape index (κ3) is 1.62. The molecule has 0 amide bonds. The first kappa shape index (κ1) is 9.15. The highest BCUT2D eigenvalue weighted by Crippen LogP contribution is 2.31. The smallest absolute Gasteiger partial charge is 0.134 e. The normalized spacial score (nSPS) is 12.1. The summed E-state index contributed by atoms with van der Waals surface area (Å²) in [5, 5.41) is 9.56. The van der Waals surface area contributed by atoms with Gasteiger partial charge in [0.1, 0.15) is 5.75 Å². The predicted molar refractivity (Wildman–Crippen MR) is 53.1 cm³/mol. The predicted octanol–water partition coefficient (Wildman–Crippen LogP) is 2.89. The third-order valence-corrected chi connectivity index (χ3v) is 2.37. The zero-order chi connectivity index (χ0) is 9.14. The third-order valence-electron chi connectivity index (χ3n) is 1.73. The molecule has 1 nitrogen and oxygen atoms in total. The minimum atomic E-state index is -0.0532. The van der Waals surface area contributed by atoms with E-state index in [9.17, 15) is 5.11 Å². The van der Waals surface area contributed by atoms with Crippen LogP contribution in [0.2, 0.25) is 0 Å². The number of halogens is 1. The topological polar surface area (TPSA) is 20.2 Å². The molecule has 0 aromatic heterocycles. The average molecular weight is 225 g/mol. The van der Waals surface area contributed by atoms with Crippen molar-refractivity contribution >= 4 is 15.9 Å². The maximum Gasteiger partial charge on any atom is 0.134 e. The van der Waals surface area contributed by atoms with Crippen LogP contribution in [0.5, 0.6) is 5.75 Å². The molecular weight excluding hydrogens is 216 g/mol. The van der Waals surface area contributed by atoms with Crippen molar-refractivity contribution in [3.05, 3.63) is 28.2 Å². The minimum absolute atomic E-state index is 0.0532. The number of aromatic hydroxyl groups is 1. The molecule has 1 N–H and O–H groups in total. The number of phenols is 1. The second-order valence-corrected chi connectivity index (χ2v) is 3.42. The highest BCUT2D eigenvalue weighted by molar-refractivity contribution is 9.10. The van der Waals surface area contributed by atoms with Gasteiger partial charge in [-0.25, -0.2) is 0 Å². The second-order valence-electron chi connectivity index (χ2n) is 2.57. The van der Waals surface area contributed by atoms with Crippen LogP contribution in [0.4, 0.5) is 0 Å². The van der Waals surface area contributed by atoms with Crippen molar-refractivity contribution < 1.29 is 5.11 Å². The van der Waals surface area contributed by atoms with Gasteiger partial charge in [-0.3, -0.25) is 0 Å². The Morgan fingerprint density at radius 1 is 1.58 bits per heavy atom. The largest absolute Gasteiger partial charge is 0.506 e. The Balaban J connectivity index is 3.18. The molecule has 2 heteroatoms. The fourth-order valence-corrected chi connectivity index (χ4v) is 1.35. The Morgan fingerprint density at radius 2 is 2.25 bits per heavy atom. The van der Waals surface area contributed by atoms with Crippen LogP contribution >= 0.6 is 15.9 Å². The van der Waals surface area contributed by atoms with Crippen molar-refractivity contribution in [3.8, 4) is 18.1 Å². The molecule has 0 saturated carbocycles. The number of phenolic OH excluding ortho intramolecular Hbond substituents is 1. The lowest BCUT2D eigenvalue weighted by molar-refractivity contribution is 0.464. The first-order valence-corrected chi connectivity index (χ1v) is 4.39. The molecule has 0 radical (unpaired) electrons. The molecule has 1 aromatic rings. The van der Waals surface area contributed by atoms with E-state index < -0.39 is 0 Å². The lowest BCUT2D eigenvalue weighted by Crippen LogP contribution is -1.89. The number of benzene rings is 1. The lowest BCUT2D eigenvalue weighted by Gasteiger charge is -2.07. The molecule has 1 unspecified atom stereocenters. The van der Waals surface area contributed by atoms with E-state index in [0.29, 0.717) is 4.47 Å². The van der Waals surface area contributed by atoms with E-state index in [0.717, 1.165) is 5.56 Å². The molecule has 0 aliphatic heterocycles. The van der Waals surface area contributed by atoms with Gasteiger partial charge in [-0.2, -0.15) is 0 Å². The van der Waals surface area contributed by atoms with Crippen LogP contribution in [0.15, 0.2) is 22.7 Å². The van der Waals surface area contributed by atoms with Crippen LogP contribution in [0.3, 0.4) is 0 Å². The van der Waals surface area contributed by atoms with Crippen molar-refractivity contribution in [1.29, 1.82) is 0 Å². The summed E-state index contributed by atoms with van der Waals surface area (Å²) in [4.78, 5) is 0. The number of terminal acetylenes is 1. The van der Waals surface area contributed by atoms with Gasteiger partial charge in [0.15, 0.2) is 0 Å². The summed E-state index contributed by atoms with van der Waals surface area (Å²) in [7, 11) is 0. The number of hydrogen-bond acceptors (Lipinski definition) is 1. The summed E-state index contributed by atoms with van der Waals surface area (Å²) >= 11 is 3.22. The number of rotatable bonds is 1. The molecule has 1 rings (SSSR count). The van der Waals surface area contributed by atoms with Gasteiger partial charge >= 0.3 is 0 Å². The second kappa shape index (κ2) is 3.64. The van der Waals surface area contributed by atoms with Gasteiger partial charge in [-0.05, 0) is 28.9 Å². The van der Waals surface area contributed by atoms with E-state index in [1.54, 1.807) is 6.07 Å². The highest BCUT2D eigenvalue weighted by Gasteiger charge is 2.08. The van der Waals surface area contributed by atoms with Crippen LogP contribution in [-0.2, 0) is 0 Å². The van der Waals surface area contributed by atoms with Gasteiger partial charge in [0.25, 0.3) is 0 Å². The van der Waals surface area contributed by atoms with Crippen molar-refractivity contribution in [2.45, 2.75) is 12.8 Å². The van der Waals surface area contributed by atoms with E-state index in [-0.39, 0.29) is 11.7 Å². The lowest BCUT2D eigenvalue weighted by atomic mass is 10.0. The Labute approximate surface area is 80.6 Å². The minimum Gasteiger partial charge on any atom is -0.506 e. The quantitative estimate of drug-likeness (QED) is 0.728. The molecular formula is C10H9BrO. The summed E-state index contributed by atoms with van der Waals surface area (Å²) < 4.78 is 0.683. The van der Waals surface area contributed by atoms with Gasteiger partial charge in [0, 0.05) is 11.5 Å². The first-order chi connectivity index (χ1) is 5.66. The van der Waals surface area contributed by atoms with Crippen LogP contribution < -0.4 is 0 Å². The SMILES string of the molecule is C#CC(C)c1cccc(Br)c1O. The molecule has 62 valence electrons. The van der Waals surface area contributed by atoms with Crippen molar-refractivity contribution in [3.63, 3.8) is 0 Å². The summed E-state index contributed by atoms with van der Waals surface area (Å²) in [6.07, 6.45) is 5.25. The Kier molecular flexibility index (Phi) is 2.78. The van der Waals surface area contributed by atoms with Crippen LogP contribution in [0.25, 0.3) is 0 Å². The standard InChI is InChI=1S/C10H9BrO/c1-3-7(2)8-5-4-6-9(11)10(8)12/h1,4-7,12H,2H3. The molecule has 0 fully saturated rings. The summed E-state index contributed by atoms with van der Waals surface area (Å²) in [6, 6.07) is 5.46. The number of hydrogen-bond donors (Lipinski definition) is 1. The van der Waals surface area contributed by atoms with E-state index in [4.69, 9.17) is 6.42 Å². The molecule has 0 bridgehead atoms. The van der Waals surface area contributed by atoms with Crippen LogP contribution in [0, 0.1) is 12.3 Å². The van der Waals surface area contributed by atoms with E-state index in [1.165, 1.54) is 0 Å². The summed E-state index contributed by atoms with van der Waals surface area (Å²) in [5.74, 6) is 2.75. The molecule has 0 aliphatic rings. The van der Waals surface area contributed by atoms with Crippen molar-refractivity contribution in [2.75, 3.05) is 0 Å². The maximum atomic E-state index is 9.56. The monoisotopic (exact) mass is 224 g/mol. The molecule has 0 spiro atoms. The zero-order valence-corrected chi connectivity index (χ0v) is 8.30. The molecule has 1 aromatic carbocycles. The average Bonchev–Trinajstić information content (AvgIpc) is 2.08. The summed E-state index contributed by atoms with van der Waals surface area (Å²) in [5.41, 5.74) is 0.784. The van der Waals surface area contributed by atoms with Gasteiger partial charge < -0.3 is 5.11 Å². The van der Waals surface area contributed by atoms with Crippen LogP contribution in [-0.4, -0.2) is 5.11 Å². The fourth-order valence-electron chi connectivity index (χ4n) is 0.971. The Bertz CT molecular complexity index is 325. The number of para-hydroxylation sites is 1. The fraction of sp³-hybridized carbons (Fsp3) is 0.200. The van der Waals surface area contributed by atoms with Crippen molar-refractivity contribution in [1.82, 2.24) is 0 Å².